The number of aryl methyl sites for hydroxylation is 1. The second-order valence-electron chi connectivity index (χ2n) is 8.37. The molecule has 0 aliphatic carbocycles. The molecule has 3 heterocycles. The van der Waals surface area contributed by atoms with Crippen LogP contribution in [0.1, 0.15) is 23.2 Å². The zero-order valence-corrected chi connectivity index (χ0v) is 19.9. The standard InChI is InChI=1S/C28H25N3O4/c1-33-24-14-17-11-13-31-23(8-9-26(32)35-3)27(19-10-12-30-22-7-5-4-6-18(19)22)21(16-29)28(31)20(17)15-25(24)34-2/h4-7,10,12,14-15H,8-9,11,13H2,1-3H3. The fourth-order valence-electron chi connectivity index (χ4n) is 5.07. The number of aromatic nitrogens is 2. The van der Waals surface area contributed by atoms with Crippen LogP contribution in [0.4, 0.5) is 0 Å². The van der Waals surface area contributed by atoms with Gasteiger partial charge < -0.3 is 18.8 Å². The van der Waals surface area contributed by atoms with Crippen molar-refractivity contribution < 1.29 is 19.0 Å². The van der Waals surface area contributed by atoms with Crippen LogP contribution in [0.25, 0.3) is 33.3 Å². The van der Waals surface area contributed by atoms with Crippen molar-refractivity contribution in [1.82, 2.24) is 9.55 Å². The SMILES string of the molecule is COC(=O)CCc1c(-c2ccnc3ccccc23)c(C#N)c2n1CCc1cc(OC)c(OC)cc1-2. The molecule has 0 N–H and O–H groups in total. The van der Waals surface area contributed by atoms with E-state index in [0.717, 1.165) is 51.0 Å². The van der Waals surface area contributed by atoms with Crippen molar-refractivity contribution in [1.29, 1.82) is 5.26 Å². The Morgan fingerprint density at radius 3 is 2.60 bits per heavy atom. The molecule has 1 aliphatic heterocycles. The van der Waals surface area contributed by atoms with Gasteiger partial charge in [0.15, 0.2) is 11.5 Å². The predicted molar refractivity (Wildman–Crippen MR) is 132 cm³/mol. The molecule has 35 heavy (non-hydrogen) atoms. The molecule has 0 fully saturated rings. The lowest BCUT2D eigenvalue weighted by atomic mass is 9.92. The van der Waals surface area contributed by atoms with Crippen molar-refractivity contribution in [3.63, 3.8) is 0 Å². The van der Waals surface area contributed by atoms with Gasteiger partial charge in [-0.25, -0.2) is 0 Å². The number of hydrogen-bond acceptors (Lipinski definition) is 6. The molecule has 0 unspecified atom stereocenters. The minimum Gasteiger partial charge on any atom is -0.493 e. The van der Waals surface area contributed by atoms with E-state index in [4.69, 9.17) is 14.2 Å². The molecule has 2 aromatic heterocycles. The van der Waals surface area contributed by atoms with Crippen LogP contribution in [0.5, 0.6) is 11.5 Å². The van der Waals surface area contributed by atoms with Crippen LogP contribution in [0.2, 0.25) is 0 Å². The molecule has 4 aromatic rings. The molecule has 7 heteroatoms. The summed E-state index contributed by atoms with van der Waals surface area (Å²) < 4.78 is 18.2. The van der Waals surface area contributed by atoms with Crippen molar-refractivity contribution >= 4 is 16.9 Å². The first kappa shape index (κ1) is 22.5. The van der Waals surface area contributed by atoms with Gasteiger partial charge in [-0.05, 0) is 48.2 Å². The number of benzene rings is 2. The molecule has 0 saturated carbocycles. The molecule has 0 spiro atoms. The minimum atomic E-state index is -0.285. The van der Waals surface area contributed by atoms with Gasteiger partial charge in [0.2, 0.25) is 0 Å². The van der Waals surface area contributed by atoms with E-state index in [-0.39, 0.29) is 12.4 Å². The monoisotopic (exact) mass is 467 g/mol. The Bertz CT molecular complexity index is 1490. The third-order valence-corrected chi connectivity index (χ3v) is 6.66. The van der Waals surface area contributed by atoms with E-state index >= 15 is 0 Å². The van der Waals surface area contributed by atoms with Crippen LogP contribution in [0.3, 0.4) is 0 Å². The number of para-hydroxylation sites is 1. The van der Waals surface area contributed by atoms with Gasteiger partial charge in [-0.15, -0.1) is 0 Å². The van der Waals surface area contributed by atoms with Crippen LogP contribution >= 0.6 is 0 Å². The molecule has 7 nitrogen and oxygen atoms in total. The van der Waals surface area contributed by atoms with E-state index in [2.05, 4.69) is 15.6 Å². The lowest BCUT2D eigenvalue weighted by Gasteiger charge is -2.23. The maximum Gasteiger partial charge on any atom is 0.305 e. The number of fused-ring (bicyclic) bond motifs is 4. The molecule has 0 radical (unpaired) electrons. The number of ether oxygens (including phenoxy) is 3. The van der Waals surface area contributed by atoms with Crippen LogP contribution in [0, 0.1) is 11.3 Å². The summed E-state index contributed by atoms with van der Waals surface area (Å²) in [6, 6.07) is 16.3. The quantitative estimate of drug-likeness (QED) is 0.374. The molecule has 176 valence electrons. The number of carbonyl (C=O) groups excluding carboxylic acids is 1. The van der Waals surface area contributed by atoms with Crippen LogP contribution in [-0.2, 0) is 28.9 Å². The Balaban J connectivity index is 1.83. The summed E-state index contributed by atoms with van der Waals surface area (Å²) in [7, 11) is 4.62. The Labute approximate surface area is 203 Å². The summed E-state index contributed by atoms with van der Waals surface area (Å²) in [6.45, 7) is 0.687. The Morgan fingerprint density at radius 1 is 1.09 bits per heavy atom. The smallest absolute Gasteiger partial charge is 0.305 e. The number of esters is 1. The minimum absolute atomic E-state index is 0.222. The maximum atomic E-state index is 12.1. The third-order valence-electron chi connectivity index (χ3n) is 6.66. The fraction of sp³-hybridized carbons (Fsp3) is 0.250. The number of pyridine rings is 1. The number of rotatable bonds is 6. The summed E-state index contributed by atoms with van der Waals surface area (Å²) in [4.78, 5) is 16.6. The highest BCUT2D eigenvalue weighted by molar-refractivity contribution is 5.99. The molecule has 0 amide bonds. The topological polar surface area (TPSA) is 86.4 Å². The second kappa shape index (κ2) is 9.15. The summed E-state index contributed by atoms with van der Waals surface area (Å²) >= 11 is 0. The Morgan fingerprint density at radius 2 is 1.86 bits per heavy atom. The summed E-state index contributed by atoms with van der Waals surface area (Å²) in [6.07, 6.45) is 3.21. The fourth-order valence-corrected chi connectivity index (χ4v) is 5.07. The molecular weight excluding hydrogens is 442 g/mol. The zero-order chi connectivity index (χ0) is 24.5. The number of methoxy groups -OCH3 is 3. The van der Waals surface area contributed by atoms with Crippen LogP contribution in [-0.4, -0.2) is 36.8 Å². The van der Waals surface area contributed by atoms with Gasteiger partial charge in [-0.3, -0.25) is 9.78 Å². The first-order chi connectivity index (χ1) is 17.1. The highest BCUT2D eigenvalue weighted by Crippen LogP contribution is 2.46. The van der Waals surface area contributed by atoms with E-state index in [9.17, 15) is 10.1 Å². The average Bonchev–Trinajstić information content (AvgIpc) is 3.23. The Kier molecular flexibility index (Phi) is 5.87. The highest BCUT2D eigenvalue weighted by atomic mass is 16.5. The van der Waals surface area contributed by atoms with Gasteiger partial charge in [0.25, 0.3) is 0 Å². The summed E-state index contributed by atoms with van der Waals surface area (Å²) in [5, 5.41) is 11.4. The number of nitriles is 1. The predicted octanol–water partition coefficient (Wildman–Crippen LogP) is 4.92. The normalized spacial score (nSPS) is 11.9. The van der Waals surface area contributed by atoms with E-state index < -0.39 is 0 Å². The molecule has 2 aromatic carbocycles. The van der Waals surface area contributed by atoms with Crippen molar-refractivity contribution in [2.45, 2.75) is 25.8 Å². The van der Waals surface area contributed by atoms with E-state index in [1.165, 1.54) is 7.11 Å². The number of hydrogen-bond donors (Lipinski definition) is 0. The molecule has 0 bridgehead atoms. The highest BCUT2D eigenvalue weighted by Gasteiger charge is 2.30. The van der Waals surface area contributed by atoms with E-state index in [1.807, 2.05) is 42.5 Å². The second-order valence-corrected chi connectivity index (χ2v) is 8.37. The van der Waals surface area contributed by atoms with Crippen molar-refractivity contribution in [2.24, 2.45) is 0 Å². The van der Waals surface area contributed by atoms with E-state index in [1.54, 1.807) is 20.4 Å². The lowest BCUT2D eigenvalue weighted by molar-refractivity contribution is -0.140. The van der Waals surface area contributed by atoms with Gasteiger partial charge in [0.05, 0.1) is 44.5 Å². The largest absolute Gasteiger partial charge is 0.493 e. The number of carbonyl (C=O) groups is 1. The molecule has 0 saturated heterocycles. The van der Waals surface area contributed by atoms with Gasteiger partial charge in [0, 0.05) is 34.9 Å². The third kappa shape index (κ3) is 3.68. The van der Waals surface area contributed by atoms with Gasteiger partial charge >= 0.3 is 5.97 Å². The average molecular weight is 468 g/mol. The molecule has 5 rings (SSSR count). The first-order valence-corrected chi connectivity index (χ1v) is 11.4. The summed E-state index contributed by atoms with van der Waals surface area (Å²) in [5.74, 6) is 0.986. The zero-order valence-electron chi connectivity index (χ0n) is 19.9. The van der Waals surface area contributed by atoms with Gasteiger partial charge in [0.1, 0.15) is 6.07 Å². The van der Waals surface area contributed by atoms with Gasteiger partial charge in [-0.2, -0.15) is 5.26 Å². The summed E-state index contributed by atoms with van der Waals surface area (Å²) in [5.41, 5.74) is 7.01. The molecule has 1 aliphatic rings. The van der Waals surface area contributed by atoms with Crippen LogP contribution < -0.4 is 9.47 Å². The maximum absolute atomic E-state index is 12.1. The van der Waals surface area contributed by atoms with E-state index in [0.29, 0.717) is 30.0 Å². The molecule has 0 atom stereocenters. The Hall–Kier alpha value is -4.31. The first-order valence-electron chi connectivity index (χ1n) is 11.4. The lowest BCUT2D eigenvalue weighted by Crippen LogP contribution is -2.15. The van der Waals surface area contributed by atoms with Crippen molar-refractivity contribution in [3.8, 4) is 40.0 Å². The number of nitrogens with zero attached hydrogens (tertiary/aromatic N) is 3. The van der Waals surface area contributed by atoms with Crippen molar-refractivity contribution in [3.05, 3.63) is 65.5 Å². The van der Waals surface area contributed by atoms with Gasteiger partial charge in [-0.1, -0.05) is 18.2 Å². The molecular formula is C28H25N3O4. The van der Waals surface area contributed by atoms with Crippen molar-refractivity contribution in [2.75, 3.05) is 21.3 Å². The van der Waals surface area contributed by atoms with Crippen LogP contribution in [0.15, 0.2) is 48.7 Å².